The highest BCUT2D eigenvalue weighted by atomic mass is 15.2. The lowest BCUT2D eigenvalue weighted by molar-refractivity contribution is 0.119. The van der Waals surface area contributed by atoms with E-state index in [1.54, 1.807) is 0 Å². The molecule has 3 heteroatoms. The number of nitrogens with zero attached hydrogens (tertiary/aromatic N) is 2. The van der Waals surface area contributed by atoms with Crippen molar-refractivity contribution in [2.24, 2.45) is 5.73 Å². The first-order chi connectivity index (χ1) is 4.77. The van der Waals surface area contributed by atoms with Gasteiger partial charge in [-0.05, 0) is 6.42 Å². The molecule has 1 heterocycles. The smallest absolute Gasteiger partial charge is 0.0976 e. The first-order valence-electron chi connectivity index (χ1n) is 3.67. The fourth-order valence-electron chi connectivity index (χ4n) is 1.23. The molecule has 3 nitrogen and oxygen atoms in total. The van der Waals surface area contributed by atoms with Crippen LogP contribution in [0, 0.1) is 11.3 Å². The van der Waals surface area contributed by atoms with Crippen molar-refractivity contribution in [2.75, 3.05) is 13.1 Å². The van der Waals surface area contributed by atoms with Gasteiger partial charge in [-0.25, -0.2) is 0 Å². The predicted molar refractivity (Wildman–Crippen MR) is 39.2 cm³/mol. The predicted octanol–water partition coefficient (Wildman–Crippen LogP) is -0.0685. The van der Waals surface area contributed by atoms with Gasteiger partial charge in [-0.3, -0.25) is 4.90 Å². The summed E-state index contributed by atoms with van der Waals surface area (Å²) >= 11 is 0. The lowest BCUT2D eigenvalue weighted by atomic mass is 10.1. The monoisotopic (exact) mass is 139 g/mol. The van der Waals surface area contributed by atoms with Gasteiger partial charge in [-0.15, -0.1) is 0 Å². The normalized spacial score (nSPS) is 23.3. The van der Waals surface area contributed by atoms with Crippen molar-refractivity contribution in [2.45, 2.75) is 25.4 Å². The van der Waals surface area contributed by atoms with Gasteiger partial charge < -0.3 is 5.73 Å². The van der Waals surface area contributed by atoms with E-state index in [4.69, 9.17) is 11.0 Å². The maximum Gasteiger partial charge on any atom is 0.0976 e. The Balaban J connectivity index is 2.30. The number of rotatable bonds is 2. The third-order valence-corrected chi connectivity index (χ3v) is 1.91. The van der Waals surface area contributed by atoms with Crippen LogP contribution in [0.15, 0.2) is 0 Å². The molecular formula is C7H13N3. The molecule has 0 aliphatic carbocycles. The van der Waals surface area contributed by atoms with Crippen LogP contribution in [0.3, 0.4) is 0 Å². The molecule has 1 aliphatic rings. The number of hydrogen-bond acceptors (Lipinski definition) is 3. The first kappa shape index (κ1) is 7.52. The molecule has 0 unspecified atom stereocenters. The van der Waals surface area contributed by atoms with Gasteiger partial charge in [0, 0.05) is 19.1 Å². The van der Waals surface area contributed by atoms with Gasteiger partial charge >= 0.3 is 0 Å². The summed E-state index contributed by atoms with van der Waals surface area (Å²) in [5, 5.41) is 8.62. The molecule has 0 saturated carbocycles. The number of hydrogen-bond donors (Lipinski definition) is 1. The lowest BCUT2D eigenvalue weighted by Crippen LogP contribution is -2.58. The van der Waals surface area contributed by atoms with Gasteiger partial charge in [0.25, 0.3) is 0 Å². The summed E-state index contributed by atoms with van der Waals surface area (Å²) in [6.07, 6.45) is 0.906. The third kappa shape index (κ3) is 1.28. The van der Waals surface area contributed by atoms with Crippen molar-refractivity contribution in [3.8, 4) is 6.07 Å². The van der Waals surface area contributed by atoms with Crippen LogP contribution in [0.4, 0.5) is 0 Å². The number of nitriles is 1. The Morgan fingerprint density at radius 1 is 1.80 bits per heavy atom. The number of likely N-dealkylation sites (tertiary alicyclic amines) is 1. The van der Waals surface area contributed by atoms with Crippen LogP contribution < -0.4 is 5.73 Å². The Kier molecular flexibility index (Phi) is 2.25. The van der Waals surface area contributed by atoms with Crippen LogP contribution in [0.2, 0.25) is 0 Å². The summed E-state index contributed by atoms with van der Waals surface area (Å²) in [5.74, 6) is 0. The molecule has 0 spiro atoms. The fourth-order valence-corrected chi connectivity index (χ4v) is 1.23. The zero-order valence-electron chi connectivity index (χ0n) is 6.25. The topological polar surface area (TPSA) is 53.0 Å². The SMILES string of the molecule is CC[C@H](C#N)N1CC(N)C1. The Morgan fingerprint density at radius 2 is 2.40 bits per heavy atom. The van der Waals surface area contributed by atoms with E-state index < -0.39 is 0 Å². The van der Waals surface area contributed by atoms with Crippen LogP contribution in [-0.2, 0) is 0 Å². The van der Waals surface area contributed by atoms with Gasteiger partial charge in [-0.2, -0.15) is 5.26 Å². The van der Waals surface area contributed by atoms with Crippen molar-refractivity contribution in [1.82, 2.24) is 4.90 Å². The van der Waals surface area contributed by atoms with Crippen LogP contribution in [-0.4, -0.2) is 30.1 Å². The first-order valence-corrected chi connectivity index (χ1v) is 3.67. The van der Waals surface area contributed by atoms with Crippen molar-refractivity contribution >= 4 is 0 Å². The number of nitrogens with two attached hydrogens (primary N) is 1. The summed E-state index contributed by atoms with van der Waals surface area (Å²) in [6, 6.07) is 2.65. The minimum absolute atomic E-state index is 0.0970. The molecule has 0 aromatic rings. The van der Waals surface area contributed by atoms with Gasteiger partial charge in [0.2, 0.25) is 0 Å². The highest BCUT2D eigenvalue weighted by Gasteiger charge is 2.28. The maximum absolute atomic E-state index is 8.62. The molecule has 1 rings (SSSR count). The molecular weight excluding hydrogens is 126 g/mol. The lowest BCUT2D eigenvalue weighted by Gasteiger charge is -2.39. The van der Waals surface area contributed by atoms with E-state index in [1.807, 2.05) is 6.92 Å². The Morgan fingerprint density at radius 3 is 2.70 bits per heavy atom. The van der Waals surface area contributed by atoms with Gasteiger partial charge in [0.15, 0.2) is 0 Å². The summed E-state index contributed by atoms with van der Waals surface area (Å²) in [6.45, 7) is 3.82. The minimum atomic E-state index is 0.0970. The van der Waals surface area contributed by atoms with E-state index in [9.17, 15) is 0 Å². The third-order valence-electron chi connectivity index (χ3n) is 1.91. The minimum Gasteiger partial charge on any atom is -0.325 e. The summed E-state index contributed by atoms with van der Waals surface area (Å²) in [7, 11) is 0. The molecule has 0 aromatic heterocycles. The van der Waals surface area contributed by atoms with Gasteiger partial charge in [-0.1, -0.05) is 6.92 Å². The van der Waals surface area contributed by atoms with Crippen LogP contribution in [0.25, 0.3) is 0 Å². The van der Waals surface area contributed by atoms with Crippen molar-refractivity contribution in [3.63, 3.8) is 0 Å². The van der Waals surface area contributed by atoms with E-state index >= 15 is 0 Å². The summed E-state index contributed by atoms with van der Waals surface area (Å²) in [4.78, 5) is 2.12. The summed E-state index contributed by atoms with van der Waals surface area (Å²) in [5.41, 5.74) is 5.56. The fraction of sp³-hybridized carbons (Fsp3) is 0.857. The van der Waals surface area contributed by atoms with Crippen molar-refractivity contribution in [3.05, 3.63) is 0 Å². The van der Waals surface area contributed by atoms with Gasteiger partial charge in [0.1, 0.15) is 0 Å². The van der Waals surface area contributed by atoms with Gasteiger partial charge in [0.05, 0.1) is 12.1 Å². The molecule has 2 N–H and O–H groups in total. The molecule has 1 aliphatic heterocycles. The average molecular weight is 139 g/mol. The second-order valence-electron chi connectivity index (χ2n) is 2.77. The largest absolute Gasteiger partial charge is 0.325 e. The molecule has 1 saturated heterocycles. The molecule has 1 atom stereocenters. The standard InChI is InChI=1S/C7H13N3/c1-2-7(3-8)10-4-6(9)5-10/h6-7H,2,4-5,9H2,1H3/t7-/m1/s1. The van der Waals surface area contributed by atoms with E-state index in [-0.39, 0.29) is 6.04 Å². The van der Waals surface area contributed by atoms with E-state index in [0.717, 1.165) is 19.5 Å². The second-order valence-corrected chi connectivity index (χ2v) is 2.77. The Hall–Kier alpha value is -0.590. The quantitative estimate of drug-likeness (QED) is 0.582. The molecule has 0 amide bonds. The van der Waals surface area contributed by atoms with E-state index in [1.165, 1.54) is 0 Å². The zero-order chi connectivity index (χ0) is 7.56. The molecule has 0 radical (unpaired) electrons. The highest BCUT2D eigenvalue weighted by Crippen LogP contribution is 2.11. The van der Waals surface area contributed by atoms with Crippen LogP contribution in [0.5, 0.6) is 0 Å². The molecule has 10 heavy (non-hydrogen) atoms. The van der Waals surface area contributed by atoms with Crippen molar-refractivity contribution in [1.29, 1.82) is 5.26 Å². The van der Waals surface area contributed by atoms with E-state index in [2.05, 4.69) is 11.0 Å². The van der Waals surface area contributed by atoms with E-state index in [0.29, 0.717) is 6.04 Å². The van der Waals surface area contributed by atoms with Crippen LogP contribution in [0.1, 0.15) is 13.3 Å². The van der Waals surface area contributed by atoms with Crippen LogP contribution >= 0.6 is 0 Å². The molecule has 56 valence electrons. The molecule has 0 bridgehead atoms. The molecule has 1 fully saturated rings. The molecule has 0 aromatic carbocycles. The van der Waals surface area contributed by atoms with Crippen molar-refractivity contribution < 1.29 is 0 Å². The average Bonchev–Trinajstić information content (AvgIpc) is 1.87. The zero-order valence-corrected chi connectivity index (χ0v) is 6.25. The second kappa shape index (κ2) is 3.00. The Bertz CT molecular complexity index is 143. The summed E-state index contributed by atoms with van der Waals surface area (Å²) < 4.78 is 0. The Labute approximate surface area is 61.4 Å². The highest BCUT2D eigenvalue weighted by molar-refractivity contribution is 4.97. The maximum atomic E-state index is 8.62.